The molecule has 2 N–H and O–H groups in total. The summed E-state index contributed by atoms with van der Waals surface area (Å²) in [5.41, 5.74) is 7.76. The summed E-state index contributed by atoms with van der Waals surface area (Å²) < 4.78 is 0. The Kier molecular flexibility index (Phi) is 2.75. The molecule has 0 aliphatic carbocycles. The Hall–Kier alpha value is -0.990. The van der Waals surface area contributed by atoms with E-state index >= 15 is 0 Å². The lowest BCUT2D eigenvalue weighted by Gasteiger charge is -2.03. The molecule has 1 aromatic heterocycles. The largest absolute Gasteiger partial charge is 0.398 e. The third kappa shape index (κ3) is 2.08. The molecule has 0 saturated heterocycles. The Labute approximate surface area is 92.1 Å². The van der Waals surface area contributed by atoms with Gasteiger partial charge in [-0.05, 0) is 29.1 Å². The monoisotopic (exact) mass is 223 g/mol. The quantitative estimate of drug-likeness (QED) is 0.774. The first kappa shape index (κ1) is 9.56. The Morgan fingerprint density at radius 2 is 2.14 bits per heavy atom. The van der Waals surface area contributed by atoms with Crippen LogP contribution in [0.3, 0.4) is 0 Å². The van der Waals surface area contributed by atoms with Gasteiger partial charge in [0.1, 0.15) is 0 Å². The van der Waals surface area contributed by atoms with E-state index in [0.29, 0.717) is 5.02 Å². The SMILES string of the molecule is Nc1cc(Cl)ccc1Cc1cccs1. The van der Waals surface area contributed by atoms with Crippen molar-refractivity contribution in [3.63, 3.8) is 0 Å². The first-order valence-corrected chi connectivity index (χ1v) is 5.58. The van der Waals surface area contributed by atoms with Crippen LogP contribution in [0.5, 0.6) is 0 Å². The van der Waals surface area contributed by atoms with Crippen LogP contribution in [0.15, 0.2) is 35.7 Å². The van der Waals surface area contributed by atoms with Gasteiger partial charge in [-0.1, -0.05) is 23.7 Å². The zero-order chi connectivity index (χ0) is 9.97. The van der Waals surface area contributed by atoms with Crippen LogP contribution in [0, 0.1) is 0 Å². The molecule has 1 heterocycles. The maximum absolute atomic E-state index is 5.86. The molecule has 72 valence electrons. The molecule has 0 aliphatic heterocycles. The van der Waals surface area contributed by atoms with E-state index in [2.05, 4.69) is 11.4 Å². The number of thiophene rings is 1. The van der Waals surface area contributed by atoms with Crippen molar-refractivity contribution in [1.82, 2.24) is 0 Å². The second-order valence-electron chi connectivity index (χ2n) is 3.10. The number of rotatable bonds is 2. The van der Waals surface area contributed by atoms with Crippen LogP contribution in [0.25, 0.3) is 0 Å². The number of hydrogen-bond acceptors (Lipinski definition) is 2. The highest BCUT2D eigenvalue weighted by molar-refractivity contribution is 7.09. The highest BCUT2D eigenvalue weighted by atomic mass is 35.5. The Morgan fingerprint density at radius 1 is 1.29 bits per heavy atom. The van der Waals surface area contributed by atoms with E-state index in [1.165, 1.54) is 4.88 Å². The molecule has 14 heavy (non-hydrogen) atoms. The topological polar surface area (TPSA) is 26.0 Å². The first-order valence-electron chi connectivity index (χ1n) is 4.32. The fourth-order valence-electron chi connectivity index (χ4n) is 1.33. The summed E-state index contributed by atoms with van der Waals surface area (Å²) in [6.07, 6.45) is 0.890. The minimum atomic E-state index is 0.692. The third-order valence-electron chi connectivity index (χ3n) is 2.05. The molecule has 0 bridgehead atoms. The predicted octanol–water partition coefficient (Wildman–Crippen LogP) is 3.57. The van der Waals surface area contributed by atoms with E-state index in [9.17, 15) is 0 Å². The molecule has 1 aromatic carbocycles. The molecule has 0 radical (unpaired) electrons. The summed E-state index contributed by atoms with van der Waals surface area (Å²) >= 11 is 7.56. The summed E-state index contributed by atoms with van der Waals surface area (Å²) in [5.74, 6) is 0. The minimum Gasteiger partial charge on any atom is -0.398 e. The number of hydrogen-bond donors (Lipinski definition) is 1. The molecule has 0 fully saturated rings. The van der Waals surface area contributed by atoms with Gasteiger partial charge < -0.3 is 5.73 Å². The Balaban J connectivity index is 2.25. The van der Waals surface area contributed by atoms with Crippen molar-refractivity contribution < 1.29 is 0 Å². The van der Waals surface area contributed by atoms with Crippen LogP contribution in [0.2, 0.25) is 5.02 Å². The highest BCUT2D eigenvalue weighted by Gasteiger charge is 2.01. The molecule has 0 amide bonds. The van der Waals surface area contributed by atoms with Gasteiger partial charge in [0, 0.05) is 22.0 Å². The van der Waals surface area contributed by atoms with Gasteiger partial charge >= 0.3 is 0 Å². The van der Waals surface area contributed by atoms with Gasteiger partial charge in [-0.25, -0.2) is 0 Å². The van der Waals surface area contributed by atoms with E-state index < -0.39 is 0 Å². The van der Waals surface area contributed by atoms with Gasteiger partial charge in [0.15, 0.2) is 0 Å². The summed E-state index contributed by atoms with van der Waals surface area (Å²) in [7, 11) is 0. The van der Waals surface area contributed by atoms with Gasteiger partial charge in [-0.15, -0.1) is 11.3 Å². The lowest BCUT2D eigenvalue weighted by atomic mass is 10.1. The van der Waals surface area contributed by atoms with Gasteiger partial charge in [0.05, 0.1) is 0 Å². The normalized spacial score (nSPS) is 10.4. The molecule has 0 aliphatic rings. The van der Waals surface area contributed by atoms with Crippen LogP contribution < -0.4 is 5.73 Å². The predicted molar refractivity (Wildman–Crippen MR) is 63.0 cm³/mol. The van der Waals surface area contributed by atoms with Crippen LogP contribution in [0.1, 0.15) is 10.4 Å². The molecular weight excluding hydrogens is 214 g/mol. The second-order valence-corrected chi connectivity index (χ2v) is 4.57. The van der Waals surface area contributed by atoms with E-state index in [4.69, 9.17) is 17.3 Å². The molecule has 2 rings (SSSR count). The minimum absolute atomic E-state index is 0.692. The molecular formula is C11H10ClNS. The summed E-state index contributed by atoms with van der Waals surface area (Å²) in [5, 5.41) is 2.76. The van der Waals surface area contributed by atoms with E-state index in [1.54, 1.807) is 17.4 Å². The lowest BCUT2D eigenvalue weighted by molar-refractivity contribution is 1.25. The number of nitrogens with two attached hydrogens (primary N) is 1. The lowest BCUT2D eigenvalue weighted by Crippen LogP contribution is -1.93. The molecule has 0 saturated carbocycles. The standard InChI is InChI=1S/C11H10ClNS/c12-9-4-3-8(11(13)7-9)6-10-2-1-5-14-10/h1-5,7H,6,13H2. The Morgan fingerprint density at radius 3 is 2.79 bits per heavy atom. The maximum Gasteiger partial charge on any atom is 0.0426 e. The van der Waals surface area contributed by atoms with Crippen LogP contribution >= 0.6 is 22.9 Å². The Bertz CT molecular complexity index is 423. The molecule has 0 unspecified atom stereocenters. The molecule has 1 nitrogen and oxygen atoms in total. The van der Waals surface area contributed by atoms with Crippen molar-refractivity contribution in [3.05, 3.63) is 51.2 Å². The van der Waals surface area contributed by atoms with Crippen LogP contribution in [0.4, 0.5) is 5.69 Å². The number of nitrogen functional groups attached to an aromatic ring is 1. The second kappa shape index (κ2) is 4.03. The molecule has 2 aromatic rings. The van der Waals surface area contributed by atoms with Gasteiger partial charge in [-0.3, -0.25) is 0 Å². The highest BCUT2D eigenvalue weighted by Crippen LogP contribution is 2.22. The zero-order valence-electron chi connectivity index (χ0n) is 7.53. The van der Waals surface area contributed by atoms with Crippen molar-refractivity contribution in [2.75, 3.05) is 5.73 Å². The number of benzene rings is 1. The zero-order valence-corrected chi connectivity index (χ0v) is 9.11. The van der Waals surface area contributed by atoms with Crippen molar-refractivity contribution >= 4 is 28.6 Å². The van der Waals surface area contributed by atoms with E-state index in [0.717, 1.165) is 17.7 Å². The summed E-state index contributed by atoms with van der Waals surface area (Å²) in [6.45, 7) is 0. The van der Waals surface area contributed by atoms with Crippen LogP contribution in [-0.2, 0) is 6.42 Å². The summed E-state index contributed by atoms with van der Waals surface area (Å²) in [4.78, 5) is 1.32. The molecule has 0 spiro atoms. The third-order valence-corrected chi connectivity index (χ3v) is 3.16. The van der Waals surface area contributed by atoms with Crippen molar-refractivity contribution in [2.45, 2.75) is 6.42 Å². The maximum atomic E-state index is 5.86. The van der Waals surface area contributed by atoms with E-state index in [-0.39, 0.29) is 0 Å². The van der Waals surface area contributed by atoms with Crippen molar-refractivity contribution in [3.8, 4) is 0 Å². The number of halogens is 1. The average molecular weight is 224 g/mol. The smallest absolute Gasteiger partial charge is 0.0426 e. The summed E-state index contributed by atoms with van der Waals surface area (Å²) in [6, 6.07) is 9.81. The fraction of sp³-hybridized carbons (Fsp3) is 0.0909. The van der Waals surface area contributed by atoms with Gasteiger partial charge in [0.25, 0.3) is 0 Å². The molecule has 0 atom stereocenters. The molecule has 3 heteroatoms. The van der Waals surface area contributed by atoms with Gasteiger partial charge in [-0.2, -0.15) is 0 Å². The average Bonchev–Trinajstić information content (AvgIpc) is 2.62. The first-order chi connectivity index (χ1) is 6.75. The van der Waals surface area contributed by atoms with Crippen molar-refractivity contribution in [1.29, 1.82) is 0 Å². The van der Waals surface area contributed by atoms with Crippen LogP contribution in [-0.4, -0.2) is 0 Å². The van der Waals surface area contributed by atoms with Crippen molar-refractivity contribution in [2.24, 2.45) is 0 Å². The number of anilines is 1. The fourth-order valence-corrected chi connectivity index (χ4v) is 2.24. The van der Waals surface area contributed by atoms with E-state index in [1.807, 2.05) is 18.2 Å². The van der Waals surface area contributed by atoms with Gasteiger partial charge in [0.2, 0.25) is 0 Å².